The number of rotatable bonds is 5. The van der Waals surface area contributed by atoms with Crippen LogP contribution >= 0.6 is 11.3 Å². The second-order valence-corrected chi connectivity index (χ2v) is 5.88. The zero-order valence-electron chi connectivity index (χ0n) is 11.3. The molecule has 1 saturated carbocycles. The van der Waals surface area contributed by atoms with Crippen molar-refractivity contribution >= 4 is 23.1 Å². The van der Waals surface area contributed by atoms with Gasteiger partial charge in [-0.3, -0.25) is 5.41 Å². The Morgan fingerprint density at radius 2 is 2.30 bits per heavy atom. The Balaban J connectivity index is 1.93. The quantitative estimate of drug-likeness (QED) is 0.653. The number of amidine groups is 1. The van der Waals surface area contributed by atoms with Gasteiger partial charge in [0.25, 0.3) is 0 Å². The van der Waals surface area contributed by atoms with Gasteiger partial charge in [-0.15, -0.1) is 0 Å². The fraction of sp³-hybridized carbons (Fsp3) is 0.357. The minimum atomic E-state index is -0.0111. The van der Waals surface area contributed by atoms with Gasteiger partial charge in [0, 0.05) is 18.3 Å². The highest BCUT2D eigenvalue weighted by atomic mass is 32.1. The minimum absolute atomic E-state index is 0.0111. The number of thiophene rings is 1. The molecule has 3 N–H and O–H groups in total. The molecule has 0 amide bonds. The van der Waals surface area contributed by atoms with Crippen LogP contribution in [0.2, 0.25) is 0 Å². The van der Waals surface area contributed by atoms with Gasteiger partial charge in [-0.2, -0.15) is 11.3 Å². The van der Waals surface area contributed by atoms with Crippen molar-refractivity contribution in [1.29, 1.82) is 5.41 Å². The summed E-state index contributed by atoms with van der Waals surface area (Å²) in [5, 5.41) is 11.8. The Morgan fingerprint density at radius 1 is 1.50 bits per heavy atom. The SMILES string of the molecule is Cc1cc(C(=N)N)nc(N(Cc2ccsc2)C2CC2)n1. The van der Waals surface area contributed by atoms with E-state index in [1.54, 1.807) is 17.4 Å². The number of nitrogen functional groups attached to an aromatic ring is 1. The molecule has 0 aliphatic heterocycles. The summed E-state index contributed by atoms with van der Waals surface area (Å²) in [6.07, 6.45) is 2.35. The van der Waals surface area contributed by atoms with Crippen molar-refractivity contribution in [3.63, 3.8) is 0 Å². The van der Waals surface area contributed by atoms with Crippen molar-refractivity contribution in [2.24, 2.45) is 5.73 Å². The van der Waals surface area contributed by atoms with E-state index < -0.39 is 0 Å². The van der Waals surface area contributed by atoms with Gasteiger partial charge in [0.15, 0.2) is 0 Å². The number of aryl methyl sites for hydroxylation is 1. The monoisotopic (exact) mass is 287 g/mol. The van der Waals surface area contributed by atoms with Gasteiger partial charge >= 0.3 is 0 Å². The summed E-state index contributed by atoms with van der Waals surface area (Å²) in [6, 6.07) is 4.39. The van der Waals surface area contributed by atoms with Gasteiger partial charge in [0.05, 0.1) is 0 Å². The first kappa shape index (κ1) is 13.1. The van der Waals surface area contributed by atoms with E-state index in [0.717, 1.165) is 12.2 Å². The third-order valence-corrected chi connectivity index (χ3v) is 4.03. The lowest BCUT2D eigenvalue weighted by Crippen LogP contribution is -2.28. The van der Waals surface area contributed by atoms with Crippen LogP contribution in [0.25, 0.3) is 0 Å². The van der Waals surface area contributed by atoms with Gasteiger partial charge in [0.1, 0.15) is 11.5 Å². The van der Waals surface area contributed by atoms with E-state index in [0.29, 0.717) is 17.7 Å². The fourth-order valence-electron chi connectivity index (χ4n) is 2.15. The van der Waals surface area contributed by atoms with Gasteiger partial charge in [-0.05, 0) is 48.2 Å². The molecule has 0 radical (unpaired) electrons. The molecule has 5 nitrogen and oxygen atoms in total. The Kier molecular flexibility index (Phi) is 3.40. The van der Waals surface area contributed by atoms with Crippen molar-refractivity contribution in [2.75, 3.05) is 4.90 Å². The maximum Gasteiger partial charge on any atom is 0.226 e. The lowest BCUT2D eigenvalue weighted by Gasteiger charge is -2.22. The fourth-order valence-corrected chi connectivity index (χ4v) is 2.81. The summed E-state index contributed by atoms with van der Waals surface area (Å²) in [5.41, 5.74) is 8.18. The summed E-state index contributed by atoms with van der Waals surface area (Å²) in [5.74, 6) is 0.673. The van der Waals surface area contributed by atoms with Crippen LogP contribution in [0.15, 0.2) is 22.9 Å². The van der Waals surface area contributed by atoms with Crippen molar-refractivity contribution in [3.05, 3.63) is 39.8 Å². The van der Waals surface area contributed by atoms with Crippen LogP contribution in [-0.4, -0.2) is 21.8 Å². The Bertz CT molecular complexity index is 618. The van der Waals surface area contributed by atoms with Crippen molar-refractivity contribution in [1.82, 2.24) is 9.97 Å². The molecule has 0 bridgehead atoms. The minimum Gasteiger partial charge on any atom is -0.382 e. The Labute approximate surface area is 122 Å². The van der Waals surface area contributed by atoms with Crippen LogP contribution in [0.4, 0.5) is 5.95 Å². The van der Waals surface area contributed by atoms with E-state index in [1.807, 2.05) is 6.92 Å². The van der Waals surface area contributed by atoms with Crippen LogP contribution in [0.3, 0.4) is 0 Å². The Hall–Kier alpha value is -1.95. The summed E-state index contributed by atoms with van der Waals surface area (Å²) in [4.78, 5) is 11.2. The third-order valence-electron chi connectivity index (χ3n) is 3.30. The van der Waals surface area contributed by atoms with E-state index in [9.17, 15) is 0 Å². The van der Waals surface area contributed by atoms with Crippen LogP contribution in [0.1, 0.15) is 29.8 Å². The average molecular weight is 287 g/mol. The summed E-state index contributed by atoms with van der Waals surface area (Å²) >= 11 is 1.70. The van der Waals surface area contributed by atoms with Crippen LogP contribution in [0, 0.1) is 12.3 Å². The number of nitrogens with zero attached hydrogens (tertiary/aromatic N) is 3. The predicted molar refractivity (Wildman–Crippen MR) is 81.3 cm³/mol. The third kappa shape index (κ3) is 2.80. The zero-order valence-corrected chi connectivity index (χ0v) is 12.2. The van der Waals surface area contributed by atoms with Gasteiger partial charge in [0.2, 0.25) is 5.95 Å². The number of anilines is 1. The standard InChI is InChI=1S/C14H17N5S/c1-9-6-12(13(15)16)18-14(17-9)19(11-2-3-11)7-10-4-5-20-8-10/h4-6,8,11H,2-3,7H2,1H3,(H3,15,16). The van der Waals surface area contributed by atoms with Crippen molar-refractivity contribution in [3.8, 4) is 0 Å². The highest BCUT2D eigenvalue weighted by Crippen LogP contribution is 2.31. The molecular formula is C14H17N5S. The van der Waals surface area contributed by atoms with Gasteiger partial charge in [-0.1, -0.05) is 0 Å². The summed E-state index contributed by atoms with van der Waals surface area (Å²) in [6.45, 7) is 2.72. The summed E-state index contributed by atoms with van der Waals surface area (Å²) in [7, 11) is 0. The van der Waals surface area contributed by atoms with E-state index in [1.165, 1.54) is 18.4 Å². The maximum atomic E-state index is 7.56. The largest absolute Gasteiger partial charge is 0.382 e. The molecule has 0 spiro atoms. The first-order valence-corrected chi connectivity index (χ1v) is 7.55. The first-order valence-electron chi connectivity index (χ1n) is 6.61. The maximum absolute atomic E-state index is 7.56. The number of nitrogens with one attached hydrogen (secondary N) is 1. The molecule has 20 heavy (non-hydrogen) atoms. The number of hydrogen-bond donors (Lipinski definition) is 2. The molecule has 0 unspecified atom stereocenters. The molecule has 0 atom stereocenters. The van der Waals surface area contributed by atoms with Crippen LogP contribution in [-0.2, 0) is 6.54 Å². The molecule has 2 heterocycles. The van der Waals surface area contributed by atoms with Crippen molar-refractivity contribution < 1.29 is 0 Å². The van der Waals surface area contributed by atoms with Gasteiger partial charge < -0.3 is 10.6 Å². The Morgan fingerprint density at radius 3 is 2.90 bits per heavy atom. The molecule has 1 aliphatic carbocycles. The highest BCUT2D eigenvalue weighted by molar-refractivity contribution is 7.07. The normalized spacial score (nSPS) is 14.2. The molecule has 1 fully saturated rings. The molecular weight excluding hydrogens is 270 g/mol. The lowest BCUT2D eigenvalue weighted by atomic mass is 10.3. The number of hydrogen-bond acceptors (Lipinski definition) is 5. The van der Waals surface area contributed by atoms with Crippen molar-refractivity contribution in [2.45, 2.75) is 32.4 Å². The molecule has 2 aromatic heterocycles. The van der Waals surface area contributed by atoms with Gasteiger partial charge in [-0.25, -0.2) is 9.97 Å². The van der Waals surface area contributed by atoms with Crippen LogP contribution < -0.4 is 10.6 Å². The van der Waals surface area contributed by atoms with E-state index >= 15 is 0 Å². The molecule has 3 rings (SSSR count). The second kappa shape index (κ2) is 5.20. The predicted octanol–water partition coefficient (Wildman–Crippen LogP) is 2.30. The van der Waals surface area contributed by atoms with E-state index in [2.05, 4.69) is 31.7 Å². The molecule has 1 aliphatic rings. The summed E-state index contributed by atoms with van der Waals surface area (Å²) < 4.78 is 0. The molecule has 2 aromatic rings. The molecule has 0 aromatic carbocycles. The molecule has 6 heteroatoms. The topological polar surface area (TPSA) is 78.9 Å². The lowest BCUT2D eigenvalue weighted by molar-refractivity contribution is 0.755. The van der Waals surface area contributed by atoms with Crippen LogP contribution in [0.5, 0.6) is 0 Å². The van der Waals surface area contributed by atoms with E-state index in [4.69, 9.17) is 11.1 Å². The smallest absolute Gasteiger partial charge is 0.226 e. The molecule has 104 valence electrons. The average Bonchev–Trinajstić information content (AvgIpc) is 3.12. The highest BCUT2D eigenvalue weighted by Gasteiger charge is 2.31. The first-order chi connectivity index (χ1) is 9.63. The van der Waals surface area contributed by atoms with E-state index in [-0.39, 0.29) is 5.84 Å². The number of aromatic nitrogens is 2. The zero-order chi connectivity index (χ0) is 14.1. The molecule has 0 saturated heterocycles. The second-order valence-electron chi connectivity index (χ2n) is 5.10. The number of nitrogens with two attached hydrogens (primary N) is 1.